The maximum Gasteiger partial charge on any atom is 0.220 e. The summed E-state index contributed by atoms with van der Waals surface area (Å²) in [6.07, 6.45) is 7.34. The molecule has 5 nitrogen and oxygen atoms in total. The minimum Gasteiger partial charge on any atom is -0.370 e. The number of aryl methyl sites for hydroxylation is 1. The van der Waals surface area contributed by atoms with E-state index in [0.717, 1.165) is 50.2 Å². The molecule has 5 heteroatoms. The highest BCUT2D eigenvalue weighted by Gasteiger charge is 2.22. The summed E-state index contributed by atoms with van der Waals surface area (Å²) in [5, 5.41) is 6.22. The highest BCUT2D eigenvalue weighted by Crippen LogP contribution is 2.18. The van der Waals surface area contributed by atoms with E-state index in [1.165, 1.54) is 0 Å². The molecule has 0 aromatic carbocycles. The number of anilines is 1. The fourth-order valence-electron chi connectivity index (χ4n) is 1.88. The SMILES string of the molecule is CCCc1cc(NCCCC(=O)NC2CC2)ncn1. The number of carbonyl (C=O) groups excluding carboxylic acids is 1. The van der Waals surface area contributed by atoms with Crippen molar-refractivity contribution in [2.75, 3.05) is 11.9 Å². The molecule has 1 heterocycles. The Labute approximate surface area is 114 Å². The van der Waals surface area contributed by atoms with Gasteiger partial charge in [0.25, 0.3) is 0 Å². The maximum absolute atomic E-state index is 11.5. The number of nitrogens with one attached hydrogen (secondary N) is 2. The van der Waals surface area contributed by atoms with Crippen molar-refractivity contribution in [2.45, 2.75) is 51.5 Å². The molecule has 2 rings (SSSR count). The van der Waals surface area contributed by atoms with Crippen molar-refractivity contribution in [3.05, 3.63) is 18.1 Å². The van der Waals surface area contributed by atoms with E-state index in [2.05, 4.69) is 27.5 Å². The molecule has 1 aromatic heterocycles. The van der Waals surface area contributed by atoms with Crippen LogP contribution in [0.25, 0.3) is 0 Å². The Morgan fingerprint density at radius 1 is 1.42 bits per heavy atom. The van der Waals surface area contributed by atoms with E-state index in [4.69, 9.17) is 0 Å². The van der Waals surface area contributed by atoms with Gasteiger partial charge in [0.2, 0.25) is 5.91 Å². The summed E-state index contributed by atoms with van der Waals surface area (Å²) in [5.41, 5.74) is 1.06. The molecule has 0 bridgehead atoms. The average Bonchev–Trinajstić information content (AvgIpc) is 3.19. The Morgan fingerprint density at radius 2 is 2.26 bits per heavy atom. The van der Waals surface area contributed by atoms with Crippen LogP contribution in [0.5, 0.6) is 0 Å². The highest BCUT2D eigenvalue weighted by molar-refractivity contribution is 5.76. The third-order valence-corrected chi connectivity index (χ3v) is 3.06. The third kappa shape index (κ3) is 5.24. The predicted octanol–water partition coefficient (Wildman–Crippen LogP) is 1.90. The van der Waals surface area contributed by atoms with Gasteiger partial charge in [0, 0.05) is 30.8 Å². The summed E-state index contributed by atoms with van der Waals surface area (Å²) in [6, 6.07) is 2.44. The minimum atomic E-state index is 0.165. The van der Waals surface area contributed by atoms with E-state index in [-0.39, 0.29) is 5.91 Å². The number of hydrogen-bond acceptors (Lipinski definition) is 4. The quantitative estimate of drug-likeness (QED) is 0.702. The topological polar surface area (TPSA) is 66.9 Å². The van der Waals surface area contributed by atoms with Crippen LogP contribution in [0, 0.1) is 0 Å². The Kier molecular flexibility index (Phi) is 5.12. The molecule has 1 amide bonds. The molecule has 2 N–H and O–H groups in total. The second-order valence-corrected chi connectivity index (χ2v) is 5.02. The molecule has 1 aromatic rings. The second-order valence-electron chi connectivity index (χ2n) is 5.02. The number of aromatic nitrogens is 2. The lowest BCUT2D eigenvalue weighted by Crippen LogP contribution is -2.25. The number of carbonyl (C=O) groups is 1. The van der Waals surface area contributed by atoms with Crippen molar-refractivity contribution in [3.63, 3.8) is 0 Å². The molecule has 1 aliphatic carbocycles. The first kappa shape index (κ1) is 13.8. The van der Waals surface area contributed by atoms with Crippen molar-refractivity contribution in [2.24, 2.45) is 0 Å². The lowest BCUT2D eigenvalue weighted by molar-refractivity contribution is -0.121. The third-order valence-electron chi connectivity index (χ3n) is 3.06. The van der Waals surface area contributed by atoms with Crippen LogP contribution in [0.1, 0.15) is 44.7 Å². The largest absolute Gasteiger partial charge is 0.370 e. The van der Waals surface area contributed by atoms with E-state index in [1.54, 1.807) is 6.33 Å². The van der Waals surface area contributed by atoms with Gasteiger partial charge in [0.1, 0.15) is 12.1 Å². The van der Waals surface area contributed by atoms with E-state index in [9.17, 15) is 4.79 Å². The van der Waals surface area contributed by atoms with Gasteiger partial charge in [-0.05, 0) is 25.7 Å². The Bertz CT molecular complexity index is 418. The van der Waals surface area contributed by atoms with Gasteiger partial charge in [-0.2, -0.15) is 0 Å². The van der Waals surface area contributed by atoms with Crippen LogP contribution < -0.4 is 10.6 Å². The molecule has 0 saturated heterocycles. The van der Waals surface area contributed by atoms with Crippen molar-refractivity contribution >= 4 is 11.7 Å². The highest BCUT2D eigenvalue weighted by atomic mass is 16.1. The van der Waals surface area contributed by atoms with Crippen LogP contribution in [-0.4, -0.2) is 28.5 Å². The maximum atomic E-state index is 11.5. The second kappa shape index (κ2) is 7.07. The Balaban J connectivity index is 1.64. The molecule has 19 heavy (non-hydrogen) atoms. The zero-order valence-electron chi connectivity index (χ0n) is 11.5. The lowest BCUT2D eigenvalue weighted by atomic mass is 10.2. The molecule has 1 aliphatic rings. The Hall–Kier alpha value is -1.65. The molecule has 0 atom stereocenters. The van der Waals surface area contributed by atoms with Gasteiger partial charge in [-0.3, -0.25) is 4.79 Å². The van der Waals surface area contributed by atoms with Crippen LogP contribution in [0.3, 0.4) is 0 Å². The van der Waals surface area contributed by atoms with Gasteiger partial charge in [0.05, 0.1) is 0 Å². The number of amides is 1. The minimum absolute atomic E-state index is 0.165. The molecule has 1 saturated carbocycles. The van der Waals surface area contributed by atoms with Gasteiger partial charge in [-0.1, -0.05) is 13.3 Å². The smallest absolute Gasteiger partial charge is 0.220 e. The summed E-state index contributed by atoms with van der Waals surface area (Å²) >= 11 is 0. The number of rotatable bonds is 8. The number of hydrogen-bond donors (Lipinski definition) is 2. The summed E-state index contributed by atoms with van der Waals surface area (Å²) in [6.45, 7) is 2.90. The van der Waals surface area contributed by atoms with Crippen LogP contribution in [0.15, 0.2) is 12.4 Å². The molecule has 0 spiro atoms. The zero-order valence-corrected chi connectivity index (χ0v) is 11.5. The standard InChI is InChI=1S/C14H22N4O/c1-2-4-12-9-13(17-10-16-12)15-8-3-5-14(19)18-11-6-7-11/h9-11H,2-8H2,1H3,(H,18,19)(H,15,16,17). The monoisotopic (exact) mass is 262 g/mol. The van der Waals surface area contributed by atoms with Crippen LogP contribution in [0.2, 0.25) is 0 Å². The fraction of sp³-hybridized carbons (Fsp3) is 0.643. The molecule has 0 aliphatic heterocycles. The molecular weight excluding hydrogens is 240 g/mol. The van der Waals surface area contributed by atoms with Crippen molar-refractivity contribution in [3.8, 4) is 0 Å². The number of nitrogens with zero attached hydrogens (tertiary/aromatic N) is 2. The molecule has 104 valence electrons. The normalized spacial score (nSPS) is 14.2. The molecule has 0 radical (unpaired) electrons. The fourth-order valence-corrected chi connectivity index (χ4v) is 1.88. The first-order valence-electron chi connectivity index (χ1n) is 7.12. The molecule has 1 fully saturated rings. The van der Waals surface area contributed by atoms with Crippen molar-refractivity contribution < 1.29 is 4.79 Å². The van der Waals surface area contributed by atoms with Gasteiger partial charge in [-0.15, -0.1) is 0 Å². The molecule has 0 unspecified atom stereocenters. The van der Waals surface area contributed by atoms with Crippen LogP contribution >= 0.6 is 0 Å². The predicted molar refractivity (Wildman–Crippen MR) is 74.9 cm³/mol. The first-order chi connectivity index (χ1) is 9.28. The van der Waals surface area contributed by atoms with Gasteiger partial charge < -0.3 is 10.6 Å². The lowest BCUT2D eigenvalue weighted by Gasteiger charge is -2.07. The molecular formula is C14H22N4O. The van der Waals surface area contributed by atoms with Gasteiger partial charge in [-0.25, -0.2) is 9.97 Å². The summed E-state index contributed by atoms with van der Waals surface area (Å²) in [5.74, 6) is 1.01. The van der Waals surface area contributed by atoms with Crippen molar-refractivity contribution in [1.82, 2.24) is 15.3 Å². The van der Waals surface area contributed by atoms with E-state index >= 15 is 0 Å². The van der Waals surface area contributed by atoms with E-state index in [0.29, 0.717) is 12.5 Å². The summed E-state index contributed by atoms with van der Waals surface area (Å²) < 4.78 is 0. The Morgan fingerprint density at radius 3 is 3.00 bits per heavy atom. The van der Waals surface area contributed by atoms with Crippen LogP contribution in [-0.2, 0) is 11.2 Å². The van der Waals surface area contributed by atoms with E-state index < -0.39 is 0 Å². The van der Waals surface area contributed by atoms with Gasteiger partial charge >= 0.3 is 0 Å². The average molecular weight is 262 g/mol. The zero-order chi connectivity index (χ0) is 13.5. The summed E-state index contributed by atoms with van der Waals surface area (Å²) in [4.78, 5) is 19.9. The summed E-state index contributed by atoms with van der Waals surface area (Å²) in [7, 11) is 0. The van der Waals surface area contributed by atoms with E-state index in [1.807, 2.05) is 6.07 Å². The first-order valence-corrected chi connectivity index (χ1v) is 7.12. The van der Waals surface area contributed by atoms with Crippen molar-refractivity contribution in [1.29, 1.82) is 0 Å². The van der Waals surface area contributed by atoms with Crippen LogP contribution in [0.4, 0.5) is 5.82 Å². The van der Waals surface area contributed by atoms with Gasteiger partial charge in [0.15, 0.2) is 0 Å².